The van der Waals surface area contributed by atoms with Crippen LogP contribution in [-0.4, -0.2) is 33.5 Å². The molecule has 0 amide bonds. The first-order valence-corrected chi connectivity index (χ1v) is 11.3. The Morgan fingerprint density at radius 1 is 1.37 bits per heavy atom. The van der Waals surface area contributed by atoms with Crippen molar-refractivity contribution in [1.29, 1.82) is 5.26 Å². The van der Waals surface area contributed by atoms with E-state index in [1.54, 1.807) is 35.3 Å². The molecule has 2 aromatic rings. The number of alkyl halides is 3. The Morgan fingerprint density at radius 3 is 2.74 bits per heavy atom. The van der Waals surface area contributed by atoms with Crippen molar-refractivity contribution in [3.63, 3.8) is 0 Å². The van der Waals surface area contributed by atoms with E-state index >= 15 is 0 Å². The van der Waals surface area contributed by atoms with E-state index in [4.69, 9.17) is 0 Å². The molecule has 9 heteroatoms. The molecule has 1 N–H and O–H groups in total. The second kappa shape index (κ2) is 10.4. The highest BCUT2D eigenvalue weighted by Crippen LogP contribution is 2.38. The molecule has 2 rings (SSSR count). The molecular formula is C18H19F3N2OS3. The van der Waals surface area contributed by atoms with Gasteiger partial charge in [-0.25, -0.2) is 4.98 Å². The summed E-state index contributed by atoms with van der Waals surface area (Å²) in [4.78, 5) is 4.87. The average Bonchev–Trinajstić information content (AvgIpc) is 3.16. The zero-order valence-corrected chi connectivity index (χ0v) is 17.1. The molecule has 1 unspecified atom stereocenters. The third-order valence-corrected chi connectivity index (χ3v) is 6.75. The topological polar surface area (TPSA) is 56.9 Å². The summed E-state index contributed by atoms with van der Waals surface area (Å²) < 4.78 is 40.3. The van der Waals surface area contributed by atoms with Gasteiger partial charge in [0.15, 0.2) is 0 Å². The van der Waals surface area contributed by atoms with Crippen molar-refractivity contribution in [3.05, 3.63) is 34.7 Å². The number of nitriles is 1. The highest BCUT2D eigenvalue weighted by molar-refractivity contribution is 8.00. The number of pyridine rings is 1. The molecule has 0 aromatic carbocycles. The summed E-state index contributed by atoms with van der Waals surface area (Å²) in [5, 5.41) is 21.1. The van der Waals surface area contributed by atoms with E-state index in [1.165, 1.54) is 11.3 Å². The highest BCUT2D eigenvalue weighted by Gasteiger charge is 2.36. The van der Waals surface area contributed by atoms with E-state index in [9.17, 15) is 23.5 Å². The predicted octanol–water partition coefficient (Wildman–Crippen LogP) is 5.69. The van der Waals surface area contributed by atoms with Gasteiger partial charge in [0.05, 0.1) is 27.8 Å². The lowest BCUT2D eigenvalue weighted by molar-refractivity contribution is -0.138. The maximum Gasteiger partial charge on any atom is 0.417 e. The summed E-state index contributed by atoms with van der Waals surface area (Å²) in [5.41, 5.74) is -1.29. The second-order valence-electron chi connectivity index (χ2n) is 5.72. The lowest BCUT2D eigenvalue weighted by Gasteiger charge is -2.15. The van der Waals surface area contributed by atoms with Gasteiger partial charge >= 0.3 is 6.18 Å². The minimum absolute atomic E-state index is 0.00772. The van der Waals surface area contributed by atoms with Crippen LogP contribution in [-0.2, 0) is 6.18 Å². The van der Waals surface area contributed by atoms with Crippen molar-refractivity contribution in [2.45, 2.75) is 37.1 Å². The molecule has 146 valence electrons. The first kappa shape index (κ1) is 22.1. The third-order valence-electron chi connectivity index (χ3n) is 3.54. The van der Waals surface area contributed by atoms with Crippen LogP contribution < -0.4 is 0 Å². The average molecular weight is 433 g/mol. The van der Waals surface area contributed by atoms with Gasteiger partial charge in [0.2, 0.25) is 0 Å². The van der Waals surface area contributed by atoms with Gasteiger partial charge in [-0.1, -0.05) is 19.4 Å². The van der Waals surface area contributed by atoms with Crippen molar-refractivity contribution in [2.75, 3.05) is 17.3 Å². The van der Waals surface area contributed by atoms with E-state index in [0.29, 0.717) is 10.6 Å². The Balaban J connectivity index is 2.23. The van der Waals surface area contributed by atoms with Gasteiger partial charge < -0.3 is 5.11 Å². The van der Waals surface area contributed by atoms with Crippen LogP contribution >= 0.6 is 34.9 Å². The molecule has 0 aliphatic carbocycles. The van der Waals surface area contributed by atoms with Crippen molar-refractivity contribution in [1.82, 2.24) is 4.98 Å². The molecular weight excluding hydrogens is 413 g/mol. The lowest BCUT2D eigenvalue weighted by Crippen LogP contribution is -2.15. The number of unbranched alkanes of at least 4 members (excludes halogenated alkanes) is 1. The number of thioether (sulfide) groups is 2. The molecule has 0 aliphatic rings. The Labute approximate surface area is 169 Å². The Bertz CT molecular complexity index is 773. The zero-order chi connectivity index (χ0) is 19.9. The fourth-order valence-electron chi connectivity index (χ4n) is 2.20. The van der Waals surface area contributed by atoms with Crippen LogP contribution in [0.25, 0.3) is 10.6 Å². The van der Waals surface area contributed by atoms with E-state index in [1.807, 2.05) is 0 Å². The highest BCUT2D eigenvalue weighted by atomic mass is 32.2. The van der Waals surface area contributed by atoms with E-state index < -0.39 is 23.4 Å². The van der Waals surface area contributed by atoms with E-state index in [2.05, 4.69) is 11.9 Å². The first-order chi connectivity index (χ1) is 12.9. The Morgan fingerprint density at radius 2 is 2.15 bits per heavy atom. The maximum atomic E-state index is 13.4. The van der Waals surface area contributed by atoms with Gasteiger partial charge in [-0.15, -0.1) is 23.1 Å². The second-order valence-corrected chi connectivity index (χ2v) is 8.82. The normalized spacial score (nSPS) is 12.7. The fourth-order valence-corrected chi connectivity index (χ4v) is 5.01. The smallest absolute Gasteiger partial charge is 0.391 e. The zero-order valence-electron chi connectivity index (χ0n) is 14.6. The summed E-state index contributed by atoms with van der Waals surface area (Å²) in [5.74, 6) is 1.63. The number of thiophene rings is 1. The van der Waals surface area contributed by atoms with Crippen LogP contribution in [0.1, 0.15) is 30.9 Å². The molecule has 0 fully saturated rings. The summed E-state index contributed by atoms with van der Waals surface area (Å²) in [6, 6.07) is 5.98. The third kappa shape index (κ3) is 6.42. The molecule has 0 saturated carbocycles. The van der Waals surface area contributed by atoms with Crippen LogP contribution in [0.15, 0.2) is 28.6 Å². The van der Waals surface area contributed by atoms with Crippen LogP contribution in [0.4, 0.5) is 13.2 Å². The Kier molecular flexibility index (Phi) is 8.48. The van der Waals surface area contributed by atoms with Gasteiger partial charge in [0.1, 0.15) is 11.1 Å². The standard InChI is InChI=1S/C18H19F3N2OS3/c1-2-3-6-25-10-12(24)11-27-17-13(9-22)14(18(19,20)21)8-15(23-17)16-5-4-7-26-16/h4-5,7-8,12,24H,2-3,6,10-11H2,1H3. The molecule has 3 nitrogen and oxygen atoms in total. The molecule has 0 aliphatic heterocycles. The van der Waals surface area contributed by atoms with Gasteiger partial charge in [0, 0.05) is 11.5 Å². The quantitative estimate of drug-likeness (QED) is 0.408. The minimum atomic E-state index is -4.65. The van der Waals surface area contributed by atoms with E-state index in [-0.39, 0.29) is 16.5 Å². The molecule has 0 bridgehead atoms. The summed E-state index contributed by atoms with van der Waals surface area (Å²) >= 11 is 3.89. The number of nitrogens with zero attached hydrogens (tertiary/aromatic N) is 2. The Hall–Kier alpha value is -1.21. The van der Waals surface area contributed by atoms with Crippen molar-refractivity contribution < 1.29 is 18.3 Å². The molecule has 1 atom stereocenters. The number of aromatic nitrogens is 1. The first-order valence-electron chi connectivity index (χ1n) is 8.31. The summed E-state index contributed by atoms with van der Waals surface area (Å²) in [6.45, 7) is 2.08. The minimum Gasteiger partial charge on any atom is -0.391 e. The van der Waals surface area contributed by atoms with Crippen molar-refractivity contribution in [2.24, 2.45) is 0 Å². The predicted molar refractivity (Wildman–Crippen MR) is 106 cm³/mol. The van der Waals surface area contributed by atoms with Gasteiger partial charge in [0.25, 0.3) is 0 Å². The SMILES string of the molecule is CCCCSCC(O)CSc1nc(-c2cccs2)cc(C(F)(F)F)c1C#N. The van der Waals surface area contributed by atoms with Gasteiger partial charge in [-0.3, -0.25) is 0 Å². The van der Waals surface area contributed by atoms with Crippen LogP contribution in [0.2, 0.25) is 0 Å². The van der Waals surface area contributed by atoms with Crippen LogP contribution in [0.5, 0.6) is 0 Å². The van der Waals surface area contributed by atoms with Gasteiger partial charge in [-0.2, -0.15) is 30.2 Å². The molecule has 0 spiro atoms. The van der Waals surface area contributed by atoms with Gasteiger partial charge in [-0.05, 0) is 29.7 Å². The van der Waals surface area contributed by atoms with Crippen molar-refractivity contribution in [3.8, 4) is 16.6 Å². The maximum absolute atomic E-state index is 13.4. The lowest BCUT2D eigenvalue weighted by atomic mass is 10.1. The van der Waals surface area contributed by atoms with E-state index in [0.717, 1.165) is 36.4 Å². The number of halogens is 3. The molecule has 2 aromatic heterocycles. The monoisotopic (exact) mass is 432 g/mol. The fraction of sp³-hybridized carbons (Fsp3) is 0.444. The summed E-state index contributed by atoms with van der Waals surface area (Å²) in [6.07, 6.45) is -3.19. The number of aliphatic hydroxyl groups is 1. The van der Waals surface area contributed by atoms with Crippen LogP contribution in [0, 0.1) is 11.3 Å². The summed E-state index contributed by atoms with van der Waals surface area (Å²) in [7, 11) is 0. The van der Waals surface area contributed by atoms with Crippen molar-refractivity contribution >= 4 is 34.9 Å². The molecule has 27 heavy (non-hydrogen) atoms. The number of aliphatic hydroxyl groups excluding tert-OH is 1. The van der Waals surface area contributed by atoms with Crippen LogP contribution in [0.3, 0.4) is 0 Å². The molecule has 0 saturated heterocycles. The number of rotatable bonds is 9. The number of hydrogen-bond acceptors (Lipinski definition) is 6. The molecule has 2 heterocycles. The molecule has 0 radical (unpaired) electrons. The number of hydrogen-bond donors (Lipinski definition) is 1. The largest absolute Gasteiger partial charge is 0.417 e.